The summed E-state index contributed by atoms with van der Waals surface area (Å²) >= 11 is 0. The highest BCUT2D eigenvalue weighted by atomic mass is 16.2. The molecule has 1 unspecified atom stereocenters. The zero-order valence-electron chi connectivity index (χ0n) is 15.3. The Balaban J connectivity index is 1.52. The fourth-order valence-corrected chi connectivity index (χ4v) is 4.25. The van der Waals surface area contributed by atoms with Crippen molar-refractivity contribution in [3.05, 3.63) is 0 Å². The lowest BCUT2D eigenvalue weighted by Gasteiger charge is -2.40. The molecule has 1 heterocycles. The first-order valence-corrected chi connectivity index (χ1v) is 9.61. The van der Waals surface area contributed by atoms with Gasteiger partial charge in [0.15, 0.2) is 0 Å². The second-order valence-electron chi connectivity index (χ2n) is 9.17. The lowest BCUT2D eigenvalue weighted by Crippen LogP contribution is -2.50. The third kappa shape index (κ3) is 3.76. The summed E-state index contributed by atoms with van der Waals surface area (Å²) in [5, 5.41) is 9.51. The molecule has 3 aliphatic rings. The van der Waals surface area contributed by atoms with Crippen LogP contribution in [0.15, 0.2) is 0 Å². The summed E-state index contributed by atoms with van der Waals surface area (Å²) in [6.45, 7) is 7.39. The van der Waals surface area contributed by atoms with Crippen LogP contribution in [0.4, 0.5) is 0 Å². The maximum Gasteiger partial charge on any atom is 0.228 e. The van der Waals surface area contributed by atoms with Crippen molar-refractivity contribution in [2.75, 3.05) is 26.2 Å². The Morgan fingerprint density at radius 2 is 1.50 bits per heavy atom. The highest BCUT2D eigenvalue weighted by Gasteiger charge is 2.44. The maximum absolute atomic E-state index is 12.8. The van der Waals surface area contributed by atoms with Crippen molar-refractivity contribution in [2.45, 2.75) is 65.2 Å². The van der Waals surface area contributed by atoms with Crippen LogP contribution in [0.2, 0.25) is 0 Å². The molecule has 3 fully saturated rings. The van der Waals surface area contributed by atoms with Gasteiger partial charge in [-0.05, 0) is 49.5 Å². The van der Waals surface area contributed by atoms with E-state index in [2.05, 4.69) is 29.8 Å². The van der Waals surface area contributed by atoms with Gasteiger partial charge in [0.25, 0.3) is 0 Å². The smallest absolute Gasteiger partial charge is 0.228 e. The number of hydrogen-bond acceptors (Lipinski definition) is 3. The van der Waals surface area contributed by atoms with E-state index < -0.39 is 5.41 Å². The Hall–Kier alpha value is -1.10. The Kier molecular flexibility index (Phi) is 4.92. The van der Waals surface area contributed by atoms with Gasteiger partial charge in [-0.3, -0.25) is 9.59 Å². The fourth-order valence-electron chi connectivity index (χ4n) is 4.25. The molecule has 0 aromatic heterocycles. The van der Waals surface area contributed by atoms with Gasteiger partial charge in [-0.15, -0.1) is 0 Å². The van der Waals surface area contributed by atoms with Gasteiger partial charge >= 0.3 is 0 Å². The summed E-state index contributed by atoms with van der Waals surface area (Å²) in [5.41, 5.74) is -0.0213. The SMILES string of the molecule is CC1(CNC(=O)CC2(C(=O)NCC3(C)CCC3)CCNC2)CCC1. The Labute approximate surface area is 145 Å². The largest absolute Gasteiger partial charge is 0.356 e. The average Bonchev–Trinajstić information content (AvgIpc) is 2.96. The molecule has 3 N–H and O–H groups in total. The molecule has 1 aliphatic heterocycles. The third-order valence-corrected chi connectivity index (χ3v) is 6.73. The van der Waals surface area contributed by atoms with Crippen molar-refractivity contribution >= 4 is 11.8 Å². The summed E-state index contributed by atoms with van der Waals surface area (Å²) in [4.78, 5) is 25.3. The molecule has 0 bridgehead atoms. The van der Waals surface area contributed by atoms with Crippen molar-refractivity contribution in [1.29, 1.82) is 0 Å². The summed E-state index contributed by atoms with van der Waals surface area (Å²) in [6.07, 6.45) is 8.35. The van der Waals surface area contributed by atoms with Gasteiger partial charge in [-0.25, -0.2) is 0 Å². The molecule has 1 atom stereocenters. The quantitative estimate of drug-likeness (QED) is 0.666. The van der Waals surface area contributed by atoms with Crippen molar-refractivity contribution in [2.24, 2.45) is 16.2 Å². The fraction of sp³-hybridized carbons (Fsp3) is 0.895. The van der Waals surface area contributed by atoms with Crippen LogP contribution < -0.4 is 16.0 Å². The van der Waals surface area contributed by atoms with Crippen molar-refractivity contribution in [3.63, 3.8) is 0 Å². The number of amides is 2. The Morgan fingerprint density at radius 3 is 1.96 bits per heavy atom. The molecule has 136 valence electrons. The lowest BCUT2D eigenvalue weighted by molar-refractivity contribution is -0.136. The van der Waals surface area contributed by atoms with E-state index in [1.807, 2.05) is 0 Å². The first-order valence-electron chi connectivity index (χ1n) is 9.61. The van der Waals surface area contributed by atoms with Crippen molar-refractivity contribution in [3.8, 4) is 0 Å². The second kappa shape index (κ2) is 6.66. The molecule has 0 spiro atoms. The molecule has 2 saturated carbocycles. The predicted molar refractivity (Wildman–Crippen MR) is 94.5 cm³/mol. The molecular formula is C19H33N3O2. The van der Waals surface area contributed by atoms with Gasteiger partial charge in [0, 0.05) is 26.1 Å². The molecular weight excluding hydrogens is 302 g/mol. The van der Waals surface area contributed by atoms with Crippen LogP contribution in [0.1, 0.15) is 65.2 Å². The summed E-state index contributed by atoms with van der Waals surface area (Å²) in [7, 11) is 0. The van der Waals surface area contributed by atoms with E-state index in [1.165, 1.54) is 38.5 Å². The van der Waals surface area contributed by atoms with Crippen molar-refractivity contribution in [1.82, 2.24) is 16.0 Å². The minimum absolute atomic E-state index is 0.0248. The molecule has 2 aliphatic carbocycles. The summed E-state index contributed by atoms with van der Waals surface area (Å²) in [6, 6.07) is 0. The standard InChI is InChI=1S/C19H33N3O2/c1-17(5-3-6-17)12-21-15(23)11-19(9-10-20-14-19)16(24)22-13-18(2)7-4-8-18/h20H,3-14H2,1-2H3,(H,21,23)(H,22,24). The zero-order valence-corrected chi connectivity index (χ0v) is 15.3. The molecule has 5 heteroatoms. The van der Waals surface area contributed by atoms with Gasteiger partial charge in [-0.1, -0.05) is 26.7 Å². The normalized spacial score (nSPS) is 30.1. The van der Waals surface area contributed by atoms with Gasteiger partial charge < -0.3 is 16.0 Å². The molecule has 0 radical (unpaired) electrons. The first-order chi connectivity index (χ1) is 11.4. The predicted octanol–water partition coefficient (Wildman–Crippen LogP) is 1.97. The lowest BCUT2D eigenvalue weighted by atomic mass is 9.70. The number of rotatable bonds is 7. The first kappa shape index (κ1) is 17.7. The topological polar surface area (TPSA) is 70.2 Å². The van der Waals surface area contributed by atoms with Crippen LogP contribution >= 0.6 is 0 Å². The highest BCUT2D eigenvalue weighted by molar-refractivity contribution is 5.89. The minimum Gasteiger partial charge on any atom is -0.356 e. The van der Waals surface area contributed by atoms with Crippen LogP contribution in [-0.2, 0) is 9.59 Å². The molecule has 3 rings (SSSR count). The van der Waals surface area contributed by atoms with Gasteiger partial charge in [0.05, 0.1) is 5.41 Å². The van der Waals surface area contributed by atoms with E-state index in [-0.39, 0.29) is 22.6 Å². The van der Waals surface area contributed by atoms with Crippen LogP contribution in [-0.4, -0.2) is 38.0 Å². The molecule has 5 nitrogen and oxygen atoms in total. The Bertz CT molecular complexity index is 489. The zero-order chi connectivity index (χ0) is 17.3. The van der Waals surface area contributed by atoms with E-state index in [0.29, 0.717) is 13.0 Å². The van der Waals surface area contributed by atoms with E-state index in [0.717, 1.165) is 26.1 Å². The van der Waals surface area contributed by atoms with Gasteiger partial charge in [0.1, 0.15) is 0 Å². The van der Waals surface area contributed by atoms with E-state index in [9.17, 15) is 9.59 Å². The van der Waals surface area contributed by atoms with Gasteiger partial charge in [-0.2, -0.15) is 0 Å². The average molecular weight is 335 g/mol. The van der Waals surface area contributed by atoms with Crippen LogP contribution in [0, 0.1) is 16.2 Å². The van der Waals surface area contributed by atoms with E-state index >= 15 is 0 Å². The second-order valence-corrected chi connectivity index (χ2v) is 9.17. The van der Waals surface area contributed by atoms with Crippen LogP contribution in [0.25, 0.3) is 0 Å². The van der Waals surface area contributed by atoms with Gasteiger partial charge in [0.2, 0.25) is 11.8 Å². The summed E-state index contributed by atoms with van der Waals surface area (Å²) in [5.74, 6) is 0.0856. The number of carbonyl (C=O) groups is 2. The number of hydrogen-bond donors (Lipinski definition) is 3. The highest BCUT2D eigenvalue weighted by Crippen LogP contribution is 2.40. The minimum atomic E-state index is -0.565. The van der Waals surface area contributed by atoms with E-state index in [4.69, 9.17) is 0 Å². The number of nitrogens with one attached hydrogen (secondary N) is 3. The molecule has 24 heavy (non-hydrogen) atoms. The maximum atomic E-state index is 12.8. The molecule has 0 aromatic rings. The molecule has 2 amide bonds. The summed E-state index contributed by atoms with van der Waals surface area (Å²) < 4.78 is 0. The molecule has 1 saturated heterocycles. The Morgan fingerprint density at radius 1 is 0.917 bits per heavy atom. The van der Waals surface area contributed by atoms with Crippen LogP contribution in [0.3, 0.4) is 0 Å². The molecule has 0 aromatic carbocycles. The third-order valence-electron chi connectivity index (χ3n) is 6.73. The van der Waals surface area contributed by atoms with E-state index in [1.54, 1.807) is 0 Å². The monoisotopic (exact) mass is 335 g/mol. The van der Waals surface area contributed by atoms with Crippen LogP contribution in [0.5, 0.6) is 0 Å². The van der Waals surface area contributed by atoms with Crippen molar-refractivity contribution < 1.29 is 9.59 Å². The number of carbonyl (C=O) groups excluding carboxylic acids is 2.